The van der Waals surface area contributed by atoms with E-state index >= 15 is 0 Å². The maximum absolute atomic E-state index is 12.2. The third kappa shape index (κ3) is 8.91. The van der Waals surface area contributed by atoms with Crippen molar-refractivity contribution in [3.05, 3.63) is 17.8 Å². The van der Waals surface area contributed by atoms with E-state index < -0.39 is 0 Å². The fraction of sp³-hybridized carbons (Fsp3) is 0.818. The average molecular weight is 378 g/mol. The van der Waals surface area contributed by atoms with Gasteiger partial charge in [0, 0.05) is 12.5 Å². The first-order valence-electron chi connectivity index (χ1n) is 11.3. The lowest BCUT2D eigenvalue weighted by Crippen LogP contribution is -2.27. The molecule has 0 aliphatic carbocycles. The van der Waals surface area contributed by atoms with Crippen LogP contribution in [0, 0.1) is 0 Å². The Morgan fingerprint density at radius 1 is 1.04 bits per heavy atom. The smallest absolute Gasteiger partial charge is 0.273 e. The Bertz CT molecular complexity index is 509. The molecule has 5 nitrogen and oxygen atoms in total. The molecular weight excluding hydrogens is 338 g/mol. The van der Waals surface area contributed by atoms with Crippen molar-refractivity contribution in [3.63, 3.8) is 0 Å². The third-order valence-corrected chi connectivity index (χ3v) is 5.51. The van der Waals surface area contributed by atoms with Gasteiger partial charge in [0.25, 0.3) is 5.91 Å². The number of carbonyl (C=O) groups is 1. The van der Waals surface area contributed by atoms with Gasteiger partial charge in [-0.2, -0.15) is 0 Å². The van der Waals surface area contributed by atoms with Gasteiger partial charge < -0.3 is 15.1 Å². The van der Waals surface area contributed by atoms with Crippen molar-refractivity contribution in [1.29, 1.82) is 0 Å². The first kappa shape index (κ1) is 21.9. The van der Waals surface area contributed by atoms with Gasteiger partial charge in [-0.25, -0.2) is 4.98 Å². The Morgan fingerprint density at radius 3 is 2.26 bits per heavy atom. The summed E-state index contributed by atoms with van der Waals surface area (Å²) in [6, 6.07) is 0. The molecular formula is C22H39N3O2. The monoisotopic (exact) mass is 377 g/mol. The van der Waals surface area contributed by atoms with Gasteiger partial charge in [0.05, 0.1) is 0 Å². The zero-order valence-electron chi connectivity index (χ0n) is 17.2. The summed E-state index contributed by atoms with van der Waals surface area (Å²) in [6.45, 7) is 4.98. The molecule has 1 aliphatic rings. The van der Waals surface area contributed by atoms with Crippen molar-refractivity contribution in [3.8, 4) is 0 Å². The van der Waals surface area contributed by atoms with Crippen molar-refractivity contribution in [2.75, 3.05) is 19.6 Å². The molecule has 0 radical (unpaired) electrons. The Morgan fingerprint density at radius 2 is 1.63 bits per heavy atom. The highest BCUT2D eigenvalue weighted by molar-refractivity contribution is 5.91. The summed E-state index contributed by atoms with van der Waals surface area (Å²) in [7, 11) is 0. The largest absolute Gasteiger partial charge is 0.448 e. The first-order chi connectivity index (χ1) is 13.3. The maximum Gasteiger partial charge on any atom is 0.273 e. The lowest BCUT2D eigenvalue weighted by molar-refractivity contribution is 0.0948. The zero-order valence-corrected chi connectivity index (χ0v) is 17.2. The van der Waals surface area contributed by atoms with Crippen LogP contribution in [0.1, 0.15) is 113 Å². The second kappa shape index (κ2) is 13.8. The van der Waals surface area contributed by atoms with Crippen LogP contribution in [0.4, 0.5) is 0 Å². The molecule has 0 saturated carbocycles. The molecule has 2 N–H and O–H groups in total. The van der Waals surface area contributed by atoms with E-state index in [9.17, 15) is 4.79 Å². The summed E-state index contributed by atoms with van der Waals surface area (Å²) < 4.78 is 5.54. The van der Waals surface area contributed by atoms with Crippen molar-refractivity contribution in [2.45, 2.75) is 96.3 Å². The van der Waals surface area contributed by atoms with Crippen LogP contribution in [0.5, 0.6) is 0 Å². The van der Waals surface area contributed by atoms with E-state index in [2.05, 4.69) is 22.5 Å². The average Bonchev–Trinajstić information content (AvgIpc) is 3.20. The molecule has 0 aromatic carbocycles. The van der Waals surface area contributed by atoms with Crippen LogP contribution in [0.25, 0.3) is 0 Å². The van der Waals surface area contributed by atoms with Crippen molar-refractivity contribution in [1.82, 2.24) is 15.6 Å². The summed E-state index contributed by atoms with van der Waals surface area (Å²) in [4.78, 5) is 16.6. The van der Waals surface area contributed by atoms with E-state index in [0.717, 1.165) is 44.8 Å². The van der Waals surface area contributed by atoms with E-state index in [1.54, 1.807) is 0 Å². The van der Waals surface area contributed by atoms with Crippen LogP contribution in [0.2, 0.25) is 0 Å². The van der Waals surface area contributed by atoms with Gasteiger partial charge in [0.15, 0.2) is 11.6 Å². The minimum absolute atomic E-state index is 0.106. The molecule has 27 heavy (non-hydrogen) atoms. The fourth-order valence-corrected chi connectivity index (χ4v) is 3.73. The standard InChI is InChI=1S/C22H39N3O2/c1-2-3-4-5-6-7-8-9-10-11-12-15-24-21(26)20-18-27-22(25-20)19-13-16-23-17-14-19/h18-19,23H,2-17H2,1H3,(H,24,26). The molecule has 1 saturated heterocycles. The molecule has 0 spiro atoms. The van der Waals surface area contributed by atoms with Crippen molar-refractivity contribution < 1.29 is 9.21 Å². The minimum atomic E-state index is -0.106. The van der Waals surface area contributed by atoms with Gasteiger partial charge in [-0.1, -0.05) is 71.1 Å². The SMILES string of the molecule is CCCCCCCCCCCCCNC(=O)c1coc(C2CCNCC2)n1. The summed E-state index contributed by atoms with van der Waals surface area (Å²) >= 11 is 0. The second-order valence-corrected chi connectivity index (χ2v) is 7.89. The third-order valence-electron chi connectivity index (χ3n) is 5.51. The van der Waals surface area contributed by atoms with Crippen LogP contribution >= 0.6 is 0 Å². The Balaban J connectivity index is 1.46. The number of nitrogens with zero attached hydrogens (tertiary/aromatic N) is 1. The van der Waals surface area contributed by atoms with Crippen LogP contribution < -0.4 is 10.6 Å². The minimum Gasteiger partial charge on any atom is -0.448 e. The van der Waals surface area contributed by atoms with Gasteiger partial charge in [0.1, 0.15) is 6.26 Å². The molecule has 1 aliphatic heterocycles. The summed E-state index contributed by atoms with van der Waals surface area (Å²) in [5.74, 6) is 0.960. The number of hydrogen-bond acceptors (Lipinski definition) is 4. The number of hydrogen-bond donors (Lipinski definition) is 2. The summed E-state index contributed by atoms with van der Waals surface area (Å²) in [5.41, 5.74) is 0.423. The van der Waals surface area contributed by atoms with E-state index in [1.807, 2.05) is 0 Å². The molecule has 1 aromatic rings. The molecule has 5 heteroatoms. The zero-order chi connectivity index (χ0) is 19.2. The van der Waals surface area contributed by atoms with E-state index in [-0.39, 0.29) is 5.91 Å². The van der Waals surface area contributed by atoms with Crippen molar-refractivity contribution in [2.24, 2.45) is 0 Å². The molecule has 0 atom stereocenters. The molecule has 1 amide bonds. The number of piperidine rings is 1. The maximum atomic E-state index is 12.2. The molecule has 2 heterocycles. The van der Waals surface area contributed by atoms with Gasteiger partial charge in [-0.05, 0) is 32.4 Å². The lowest BCUT2D eigenvalue weighted by Gasteiger charge is -2.19. The van der Waals surface area contributed by atoms with Gasteiger partial charge >= 0.3 is 0 Å². The van der Waals surface area contributed by atoms with E-state index in [4.69, 9.17) is 4.42 Å². The van der Waals surface area contributed by atoms with E-state index in [1.165, 1.54) is 70.5 Å². The molecule has 1 aromatic heterocycles. The quantitative estimate of drug-likeness (QED) is 0.438. The topological polar surface area (TPSA) is 67.2 Å². The normalized spacial score (nSPS) is 15.1. The predicted octanol–water partition coefficient (Wildman–Crippen LogP) is 5.18. The number of aromatic nitrogens is 1. The summed E-state index contributed by atoms with van der Waals surface area (Å²) in [5, 5.41) is 6.30. The van der Waals surface area contributed by atoms with Crippen molar-refractivity contribution >= 4 is 5.91 Å². The number of carbonyl (C=O) groups excluding carboxylic acids is 1. The van der Waals surface area contributed by atoms with Gasteiger partial charge in [0.2, 0.25) is 0 Å². The van der Waals surface area contributed by atoms with Crippen LogP contribution in [-0.4, -0.2) is 30.5 Å². The molecule has 0 unspecified atom stereocenters. The van der Waals surface area contributed by atoms with Crippen LogP contribution in [0.3, 0.4) is 0 Å². The predicted molar refractivity (Wildman–Crippen MR) is 110 cm³/mol. The fourth-order valence-electron chi connectivity index (χ4n) is 3.73. The summed E-state index contributed by atoms with van der Waals surface area (Å²) in [6.07, 6.45) is 18.0. The Hall–Kier alpha value is -1.36. The number of unbranched alkanes of at least 4 members (excludes halogenated alkanes) is 10. The molecule has 154 valence electrons. The van der Waals surface area contributed by atoms with E-state index in [0.29, 0.717) is 11.6 Å². The molecule has 2 rings (SSSR count). The lowest BCUT2D eigenvalue weighted by atomic mass is 9.98. The number of nitrogens with one attached hydrogen (secondary N) is 2. The highest BCUT2D eigenvalue weighted by Gasteiger charge is 2.21. The highest BCUT2D eigenvalue weighted by atomic mass is 16.3. The second-order valence-electron chi connectivity index (χ2n) is 7.89. The molecule has 0 bridgehead atoms. The van der Waals surface area contributed by atoms with Crippen LogP contribution in [-0.2, 0) is 0 Å². The number of rotatable bonds is 14. The number of oxazole rings is 1. The van der Waals surface area contributed by atoms with Crippen LogP contribution in [0.15, 0.2) is 10.7 Å². The van der Waals surface area contributed by atoms with Gasteiger partial charge in [-0.15, -0.1) is 0 Å². The molecule has 1 fully saturated rings. The highest BCUT2D eigenvalue weighted by Crippen LogP contribution is 2.24. The first-order valence-corrected chi connectivity index (χ1v) is 11.3. The Labute approximate surface area is 165 Å². The Kier molecular flexibility index (Phi) is 11.2. The number of amides is 1. The van der Waals surface area contributed by atoms with Gasteiger partial charge in [-0.3, -0.25) is 4.79 Å².